The number of nitrogens with zero attached hydrogens (tertiary/aromatic N) is 4. The number of benzene rings is 1. The fraction of sp³-hybridized carbons (Fsp3) is 0.429. The van der Waals surface area contributed by atoms with Crippen LogP contribution in [0.1, 0.15) is 24.8 Å². The predicted octanol–water partition coefficient (Wildman–Crippen LogP) is 2.79. The van der Waals surface area contributed by atoms with Gasteiger partial charge in [0.15, 0.2) is 0 Å². The van der Waals surface area contributed by atoms with Gasteiger partial charge in [0.1, 0.15) is 11.9 Å². The molecule has 5 nitrogen and oxygen atoms in total. The summed E-state index contributed by atoms with van der Waals surface area (Å²) in [5.41, 5.74) is 2.00. The summed E-state index contributed by atoms with van der Waals surface area (Å²) >= 11 is 0. The highest BCUT2D eigenvalue weighted by molar-refractivity contribution is 5.53. The lowest BCUT2D eigenvalue weighted by molar-refractivity contribution is 0.376. The third-order valence-corrected chi connectivity index (χ3v) is 5.48. The number of hydrogen-bond donors (Lipinski definition) is 1. The molecule has 1 aromatic heterocycles. The normalized spacial score (nSPS) is 21.0. The highest BCUT2D eigenvalue weighted by Crippen LogP contribution is 2.23. The van der Waals surface area contributed by atoms with Crippen molar-refractivity contribution in [2.45, 2.75) is 31.3 Å². The van der Waals surface area contributed by atoms with Crippen molar-refractivity contribution in [2.24, 2.45) is 0 Å². The number of nitriles is 1. The molecule has 1 N–H and O–H groups in total. The topological polar surface area (TPSA) is 55.2 Å². The van der Waals surface area contributed by atoms with Gasteiger partial charge in [-0.15, -0.1) is 0 Å². The lowest BCUT2D eigenvalue weighted by Gasteiger charge is -2.35. The van der Waals surface area contributed by atoms with Gasteiger partial charge in [-0.1, -0.05) is 18.2 Å². The second kappa shape index (κ2) is 7.76. The van der Waals surface area contributed by atoms with Crippen LogP contribution in [0, 0.1) is 11.3 Å². The van der Waals surface area contributed by atoms with Crippen molar-refractivity contribution >= 4 is 11.5 Å². The van der Waals surface area contributed by atoms with Gasteiger partial charge < -0.3 is 15.1 Å². The molecule has 2 aliphatic heterocycles. The van der Waals surface area contributed by atoms with E-state index in [1.807, 2.05) is 12.1 Å². The maximum atomic E-state index is 9.28. The fourth-order valence-corrected chi connectivity index (χ4v) is 4.10. The molecule has 2 aromatic rings. The van der Waals surface area contributed by atoms with E-state index >= 15 is 0 Å². The second-order valence-electron chi connectivity index (χ2n) is 7.18. The summed E-state index contributed by atoms with van der Waals surface area (Å²) in [6.07, 6.45) is 5.18. The average Bonchev–Trinajstić information content (AvgIpc) is 3.18. The van der Waals surface area contributed by atoms with Crippen molar-refractivity contribution in [2.75, 3.05) is 36.0 Å². The third kappa shape index (κ3) is 3.66. The minimum absolute atomic E-state index is 0.557. The monoisotopic (exact) mass is 347 g/mol. The molecule has 2 saturated heterocycles. The summed E-state index contributed by atoms with van der Waals surface area (Å²) in [6, 6.07) is 17.7. The first kappa shape index (κ1) is 16.9. The van der Waals surface area contributed by atoms with Crippen LogP contribution in [0.5, 0.6) is 0 Å². The maximum absolute atomic E-state index is 9.28. The largest absolute Gasteiger partial charge is 0.370 e. The Kier molecular flexibility index (Phi) is 5.03. The lowest BCUT2D eigenvalue weighted by atomic mass is 10.0. The molecular weight excluding hydrogens is 322 g/mol. The number of nitrogens with one attached hydrogen (secondary N) is 1. The Balaban J connectivity index is 1.29. The van der Waals surface area contributed by atoms with Crippen molar-refractivity contribution in [3.8, 4) is 6.07 Å². The minimum Gasteiger partial charge on any atom is -0.370 e. The quantitative estimate of drug-likeness (QED) is 0.922. The molecule has 4 rings (SSSR count). The maximum Gasteiger partial charge on any atom is 0.146 e. The predicted molar refractivity (Wildman–Crippen MR) is 104 cm³/mol. The minimum atomic E-state index is 0.557. The number of piperidine rings is 1. The van der Waals surface area contributed by atoms with Gasteiger partial charge in [0.25, 0.3) is 0 Å². The summed E-state index contributed by atoms with van der Waals surface area (Å²) in [5.74, 6) is 0.838. The van der Waals surface area contributed by atoms with E-state index in [0.717, 1.165) is 44.8 Å². The van der Waals surface area contributed by atoms with Crippen LogP contribution in [0.2, 0.25) is 0 Å². The summed E-state index contributed by atoms with van der Waals surface area (Å²) < 4.78 is 0. The summed E-state index contributed by atoms with van der Waals surface area (Å²) in [4.78, 5) is 9.15. The summed E-state index contributed by atoms with van der Waals surface area (Å²) in [6.45, 7) is 4.12. The number of pyridine rings is 1. The fourth-order valence-electron chi connectivity index (χ4n) is 4.10. The molecule has 3 heterocycles. The van der Waals surface area contributed by atoms with Gasteiger partial charge in [0, 0.05) is 50.1 Å². The van der Waals surface area contributed by atoms with Gasteiger partial charge in [0.2, 0.25) is 0 Å². The first-order valence-electron chi connectivity index (χ1n) is 9.49. The number of anilines is 2. The Hall–Kier alpha value is -2.58. The van der Waals surface area contributed by atoms with Gasteiger partial charge >= 0.3 is 0 Å². The number of para-hydroxylation sites is 1. The van der Waals surface area contributed by atoms with Crippen molar-refractivity contribution in [3.63, 3.8) is 0 Å². The van der Waals surface area contributed by atoms with E-state index in [2.05, 4.69) is 56.5 Å². The Morgan fingerprint density at radius 3 is 2.42 bits per heavy atom. The van der Waals surface area contributed by atoms with Crippen molar-refractivity contribution < 1.29 is 0 Å². The summed E-state index contributed by atoms with van der Waals surface area (Å²) in [5, 5.41) is 13.1. The molecule has 0 saturated carbocycles. The zero-order chi connectivity index (χ0) is 17.8. The highest BCUT2D eigenvalue weighted by atomic mass is 15.2. The Morgan fingerprint density at radius 2 is 1.65 bits per heavy atom. The molecule has 1 aromatic carbocycles. The van der Waals surface area contributed by atoms with Crippen LogP contribution in [0.25, 0.3) is 0 Å². The van der Waals surface area contributed by atoms with Crippen molar-refractivity contribution in [1.29, 1.82) is 5.26 Å². The SMILES string of the molecule is N#Cc1cccnc1N1CCC(NC2CCN(c3ccccc3)C2)CC1. The number of rotatable bonds is 4. The smallest absolute Gasteiger partial charge is 0.146 e. The van der Waals surface area contributed by atoms with Crippen LogP contribution in [-0.2, 0) is 0 Å². The standard InChI is InChI=1S/C21H25N5/c22-15-17-5-4-11-23-21(17)25-12-8-18(9-13-25)24-19-10-14-26(16-19)20-6-2-1-3-7-20/h1-7,11,18-19,24H,8-10,12-14,16H2. The average molecular weight is 347 g/mol. The first-order chi connectivity index (χ1) is 12.8. The number of hydrogen-bond acceptors (Lipinski definition) is 5. The van der Waals surface area contributed by atoms with E-state index in [-0.39, 0.29) is 0 Å². The zero-order valence-corrected chi connectivity index (χ0v) is 15.0. The molecule has 0 radical (unpaired) electrons. The van der Waals surface area contributed by atoms with E-state index in [1.54, 1.807) is 6.20 Å². The van der Waals surface area contributed by atoms with Crippen LogP contribution in [-0.4, -0.2) is 43.2 Å². The molecule has 0 amide bonds. The Bertz CT molecular complexity index is 761. The zero-order valence-electron chi connectivity index (χ0n) is 15.0. The molecule has 1 atom stereocenters. The van der Waals surface area contributed by atoms with E-state index in [9.17, 15) is 5.26 Å². The molecule has 134 valence electrons. The molecule has 5 heteroatoms. The molecule has 0 bridgehead atoms. The van der Waals surface area contributed by atoms with Crippen LogP contribution in [0.15, 0.2) is 48.7 Å². The van der Waals surface area contributed by atoms with Gasteiger partial charge in [-0.2, -0.15) is 5.26 Å². The van der Waals surface area contributed by atoms with Crippen LogP contribution in [0.4, 0.5) is 11.5 Å². The molecule has 26 heavy (non-hydrogen) atoms. The van der Waals surface area contributed by atoms with E-state index in [1.165, 1.54) is 12.1 Å². The first-order valence-corrected chi connectivity index (χ1v) is 9.49. The Morgan fingerprint density at radius 1 is 0.923 bits per heavy atom. The lowest BCUT2D eigenvalue weighted by Crippen LogP contribution is -2.47. The molecule has 1 unspecified atom stereocenters. The molecule has 2 fully saturated rings. The van der Waals surface area contributed by atoms with E-state index in [4.69, 9.17) is 0 Å². The van der Waals surface area contributed by atoms with Crippen LogP contribution < -0.4 is 15.1 Å². The number of aromatic nitrogens is 1. The third-order valence-electron chi connectivity index (χ3n) is 5.48. The van der Waals surface area contributed by atoms with Crippen LogP contribution >= 0.6 is 0 Å². The van der Waals surface area contributed by atoms with E-state index < -0.39 is 0 Å². The molecule has 0 aliphatic carbocycles. The van der Waals surface area contributed by atoms with Crippen LogP contribution in [0.3, 0.4) is 0 Å². The van der Waals surface area contributed by atoms with Crippen molar-refractivity contribution in [3.05, 3.63) is 54.2 Å². The van der Waals surface area contributed by atoms with Gasteiger partial charge in [-0.05, 0) is 43.5 Å². The Labute approximate surface area is 155 Å². The molecular formula is C21H25N5. The second-order valence-corrected chi connectivity index (χ2v) is 7.18. The van der Waals surface area contributed by atoms with Gasteiger partial charge in [-0.25, -0.2) is 4.98 Å². The van der Waals surface area contributed by atoms with Gasteiger partial charge in [0.05, 0.1) is 5.56 Å². The molecule has 2 aliphatic rings. The highest BCUT2D eigenvalue weighted by Gasteiger charge is 2.27. The van der Waals surface area contributed by atoms with Gasteiger partial charge in [-0.3, -0.25) is 0 Å². The summed E-state index contributed by atoms with van der Waals surface area (Å²) in [7, 11) is 0. The molecule has 0 spiro atoms. The van der Waals surface area contributed by atoms with Crippen molar-refractivity contribution in [1.82, 2.24) is 10.3 Å². The van der Waals surface area contributed by atoms with E-state index in [0.29, 0.717) is 17.6 Å².